The Bertz CT molecular complexity index is 245. The highest BCUT2D eigenvalue weighted by atomic mass is 16.5. The summed E-state index contributed by atoms with van der Waals surface area (Å²) >= 11 is 0. The molecular weight excluding hydrogens is 166 g/mol. The summed E-state index contributed by atoms with van der Waals surface area (Å²) in [7, 11) is 4.11. The molecule has 0 saturated carbocycles. The molecule has 0 saturated heterocycles. The highest BCUT2D eigenvalue weighted by molar-refractivity contribution is 5.02. The summed E-state index contributed by atoms with van der Waals surface area (Å²) in [6, 6.07) is 1.95. The summed E-state index contributed by atoms with van der Waals surface area (Å²) in [5.74, 6) is 0.899. The zero-order valence-electron chi connectivity index (χ0n) is 8.50. The van der Waals surface area contributed by atoms with Crippen molar-refractivity contribution >= 4 is 0 Å². The molecule has 0 aromatic carbocycles. The summed E-state index contributed by atoms with van der Waals surface area (Å²) in [6.07, 6.45) is 0. The van der Waals surface area contributed by atoms with Crippen molar-refractivity contribution in [3.05, 3.63) is 17.5 Å². The molecule has 1 aromatic rings. The summed E-state index contributed by atoms with van der Waals surface area (Å²) in [5, 5.41) is 7.08. The monoisotopic (exact) mass is 183 g/mol. The summed E-state index contributed by atoms with van der Waals surface area (Å²) in [5.41, 5.74) is 0.935. The standard InChI is InChI=1S/C9H17N3O/c1-8-6-9(13-11-8)7-10-4-5-12(2)3/h6,10H,4-5,7H2,1-3H3. The summed E-state index contributed by atoms with van der Waals surface area (Å²) in [4.78, 5) is 2.14. The molecular formula is C9H17N3O. The Morgan fingerprint density at radius 2 is 2.31 bits per heavy atom. The van der Waals surface area contributed by atoms with Gasteiger partial charge in [0.05, 0.1) is 12.2 Å². The van der Waals surface area contributed by atoms with Crippen LogP contribution >= 0.6 is 0 Å². The van der Waals surface area contributed by atoms with E-state index in [1.165, 1.54) is 0 Å². The number of nitrogens with zero attached hydrogens (tertiary/aromatic N) is 2. The number of aromatic nitrogens is 1. The topological polar surface area (TPSA) is 41.3 Å². The predicted octanol–water partition coefficient (Wildman–Crippen LogP) is 0.634. The molecule has 13 heavy (non-hydrogen) atoms. The Labute approximate surface area is 78.9 Å². The van der Waals surface area contributed by atoms with Crippen LogP contribution in [-0.4, -0.2) is 37.2 Å². The lowest BCUT2D eigenvalue weighted by Gasteiger charge is -2.08. The molecule has 0 aliphatic rings. The van der Waals surface area contributed by atoms with E-state index in [0.29, 0.717) is 0 Å². The van der Waals surface area contributed by atoms with Gasteiger partial charge in [0.1, 0.15) is 0 Å². The lowest BCUT2D eigenvalue weighted by molar-refractivity contribution is 0.357. The first-order valence-corrected chi connectivity index (χ1v) is 4.46. The van der Waals surface area contributed by atoms with E-state index in [4.69, 9.17) is 4.52 Å². The van der Waals surface area contributed by atoms with Crippen molar-refractivity contribution in [3.8, 4) is 0 Å². The van der Waals surface area contributed by atoms with Crippen LogP contribution < -0.4 is 5.32 Å². The van der Waals surface area contributed by atoms with Crippen molar-refractivity contribution in [2.75, 3.05) is 27.2 Å². The predicted molar refractivity (Wildman–Crippen MR) is 51.5 cm³/mol. The zero-order chi connectivity index (χ0) is 9.68. The van der Waals surface area contributed by atoms with Gasteiger partial charge in [-0.25, -0.2) is 0 Å². The number of hydrogen-bond donors (Lipinski definition) is 1. The van der Waals surface area contributed by atoms with E-state index in [-0.39, 0.29) is 0 Å². The molecule has 1 aromatic heterocycles. The van der Waals surface area contributed by atoms with Crippen LogP contribution in [0.4, 0.5) is 0 Å². The van der Waals surface area contributed by atoms with Crippen LogP contribution in [0, 0.1) is 6.92 Å². The summed E-state index contributed by atoms with van der Waals surface area (Å²) < 4.78 is 5.05. The van der Waals surface area contributed by atoms with E-state index in [1.807, 2.05) is 13.0 Å². The van der Waals surface area contributed by atoms with Gasteiger partial charge in [0.25, 0.3) is 0 Å². The lowest BCUT2D eigenvalue weighted by Crippen LogP contribution is -2.26. The molecule has 0 bridgehead atoms. The Morgan fingerprint density at radius 1 is 1.54 bits per heavy atom. The average Bonchev–Trinajstić information content (AvgIpc) is 2.45. The number of aryl methyl sites for hydroxylation is 1. The smallest absolute Gasteiger partial charge is 0.150 e. The van der Waals surface area contributed by atoms with E-state index in [1.54, 1.807) is 0 Å². The third-order valence-corrected chi connectivity index (χ3v) is 1.71. The molecule has 0 spiro atoms. The molecule has 0 unspecified atom stereocenters. The molecule has 0 amide bonds. The average molecular weight is 183 g/mol. The van der Waals surface area contributed by atoms with Gasteiger partial charge in [0.2, 0.25) is 0 Å². The van der Waals surface area contributed by atoms with Gasteiger partial charge < -0.3 is 14.7 Å². The van der Waals surface area contributed by atoms with Crippen LogP contribution in [0.3, 0.4) is 0 Å². The minimum Gasteiger partial charge on any atom is -0.360 e. The first kappa shape index (κ1) is 10.2. The summed E-state index contributed by atoms with van der Waals surface area (Å²) in [6.45, 7) is 4.68. The number of rotatable bonds is 5. The van der Waals surface area contributed by atoms with Crippen LogP contribution in [0.2, 0.25) is 0 Å². The molecule has 0 aliphatic heterocycles. The second-order valence-corrected chi connectivity index (χ2v) is 3.41. The Morgan fingerprint density at radius 3 is 2.85 bits per heavy atom. The second kappa shape index (κ2) is 4.99. The Kier molecular flexibility index (Phi) is 3.92. The van der Waals surface area contributed by atoms with Crippen molar-refractivity contribution in [2.24, 2.45) is 0 Å². The Hall–Kier alpha value is -0.870. The fraction of sp³-hybridized carbons (Fsp3) is 0.667. The van der Waals surface area contributed by atoms with Crippen molar-refractivity contribution in [1.29, 1.82) is 0 Å². The first-order valence-electron chi connectivity index (χ1n) is 4.46. The fourth-order valence-corrected chi connectivity index (χ4v) is 1.01. The highest BCUT2D eigenvalue weighted by Crippen LogP contribution is 2.00. The second-order valence-electron chi connectivity index (χ2n) is 3.41. The zero-order valence-corrected chi connectivity index (χ0v) is 8.50. The van der Waals surface area contributed by atoms with Crippen LogP contribution in [0.1, 0.15) is 11.5 Å². The van der Waals surface area contributed by atoms with Gasteiger partial charge in [0, 0.05) is 19.2 Å². The normalized spacial score (nSPS) is 11.1. The third-order valence-electron chi connectivity index (χ3n) is 1.71. The molecule has 0 aliphatic carbocycles. The van der Waals surface area contributed by atoms with Crippen LogP contribution in [0.5, 0.6) is 0 Å². The van der Waals surface area contributed by atoms with Crippen molar-refractivity contribution < 1.29 is 4.52 Å². The number of likely N-dealkylation sites (N-methyl/N-ethyl adjacent to an activating group) is 1. The molecule has 0 fully saturated rings. The minimum atomic E-state index is 0.759. The molecule has 1 heterocycles. The quantitative estimate of drug-likeness (QED) is 0.680. The first-order chi connectivity index (χ1) is 6.18. The SMILES string of the molecule is Cc1cc(CNCCN(C)C)on1. The van der Waals surface area contributed by atoms with Gasteiger partial charge in [0.15, 0.2) is 5.76 Å². The van der Waals surface area contributed by atoms with Gasteiger partial charge in [-0.15, -0.1) is 0 Å². The van der Waals surface area contributed by atoms with Crippen molar-refractivity contribution in [3.63, 3.8) is 0 Å². The fourth-order valence-electron chi connectivity index (χ4n) is 1.01. The van der Waals surface area contributed by atoms with Crippen LogP contribution in [0.25, 0.3) is 0 Å². The maximum Gasteiger partial charge on any atom is 0.150 e. The van der Waals surface area contributed by atoms with E-state index in [0.717, 1.165) is 31.1 Å². The van der Waals surface area contributed by atoms with Gasteiger partial charge in [-0.3, -0.25) is 0 Å². The van der Waals surface area contributed by atoms with Gasteiger partial charge in [-0.05, 0) is 21.0 Å². The van der Waals surface area contributed by atoms with E-state index in [2.05, 4.69) is 29.5 Å². The van der Waals surface area contributed by atoms with Crippen molar-refractivity contribution in [1.82, 2.24) is 15.4 Å². The van der Waals surface area contributed by atoms with Crippen LogP contribution in [0.15, 0.2) is 10.6 Å². The highest BCUT2D eigenvalue weighted by Gasteiger charge is 1.98. The number of hydrogen-bond acceptors (Lipinski definition) is 4. The third kappa shape index (κ3) is 4.05. The molecule has 0 radical (unpaired) electrons. The molecule has 4 heteroatoms. The Balaban J connectivity index is 2.13. The van der Waals surface area contributed by atoms with E-state index in [9.17, 15) is 0 Å². The lowest BCUT2D eigenvalue weighted by atomic mass is 10.4. The molecule has 1 rings (SSSR count). The van der Waals surface area contributed by atoms with Gasteiger partial charge in [-0.1, -0.05) is 5.16 Å². The maximum atomic E-state index is 5.05. The van der Waals surface area contributed by atoms with Gasteiger partial charge in [-0.2, -0.15) is 0 Å². The van der Waals surface area contributed by atoms with Crippen molar-refractivity contribution in [2.45, 2.75) is 13.5 Å². The van der Waals surface area contributed by atoms with Gasteiger partial charge >= 0.3 is 0 Å². The van der Waals surface area contributed by atoms with E-state index < -0.39 is 0 Å². The molecule has 0 atom stereocenters. The minimum absolute atomic E-state index is 0.759. The number of nitrogens with one attached hydrogen (secondary N) is 1. The molecule has 4 nitrogen and oxygen atoms in total. The largest absolute Gasteiger partial charge is 0.360 e. The van der Waals surface area contributed by atoms with Crippen LogP contribution in [-0.2, 0) is 6.54 Å². The van der Waals surface area contributed by atoms with E-state index >= 15 is 0 Å². The molecule has 1 N–H and O–H groups in total. The maximum absolute atomic E-state index is 5.05. The molecule has 74 valence electrons.